The molecule has 0 spiro atoms. The molecule has 0 radical (unpaired) electrons. The molecule has 96 valence electrons. The van der Waals surface area contributed by atoms with Crippen LogP contribution < -0.4 is 5.56 Å². The molecule has 0 N–H and O–H groups in total. The highest BCUT2D eigenvalue weighted by Gasteiger charge is 2.10. The van der Waals surface area contributed by atoms with Crippen molar-refractivity contribution in [3.8, 4) is 0 Å². The summed E-state index contributed by atoms with van der Waals surface area (Å²) in [6.45, 7) is 0.977. The van der Waals surface area contributed by atoms with E-state index in [1.807, 2.05) is 6.26 Å². The Hall–Kier alpha value is -1.04. The van der Waals surface area contributed by atoms with Crippen molar-refractivity contribution in [3.05, 3.63) is 33.6 Å². The topological polar surface area (TPSA) is 44.1 Å². The maximum absolute atomic E-state index is 12.3. The number of ether oxygens (including phenoxy) is 1. The molecule has 0 aliphatic heterocycles. The van der Waals surface area contributed by atoms with Gasteiger partial charge in [0, 0.05) is 12.1 Å². The Morgan fingerprint density at radius 2 is 2.28 bits per heavy atom. The number of hydrogen-bond acceptors (Lipinski definition) is 4. The van der Waals surface area contributed by atoms with E-state index in [1.54, 1.807) is 29.9 Å². The van der Waals surface area contributed by atoms with Crippen LogP contribution in [0.25, 0.3) is 10.9 Å². The maximum atomic E-state index is 12.3. The molecular weight excluding hydrogens is 272 g/mol. The van der Waals surface area contributed by atoms with Crippen LogP contribution in [0, 0.1) is 0 Å². The molecule has 1 aromatic carbocycles. The number of aromatic nitrogens is 2. The third kappa shape index (κ3) is 2.53. The van der Waals surface area contributed by atoms with Crippen molar-refractivity contribution in [2.24, 2.45) is 0 Å². The van der Waals surface area contributed by atoms with Crippen LogP contribution in [0.5, 0.6) is 0 Å². The third-order valence-electron chi connectivity index (χ3n) is 2.58. The van der Waals surface area contributed by atoms with Crippen molar-refractivity contribution in [3.63, 3.8) is 0 Å². The Bertz CT molecular complexity index is 627. The summed E-state index contributed by atoms with van der Waals surface area (Å²) in [6, 6.07) is 5.12. The Labute approximate surface area is 114 Å². The van der Waals surface area contributed by atoms with E-state index in [0.717, 1.165) is 0 Å². The van der Waals surface area contributed by atoms with Gasteiger partial charge in [-0.15, -0.1) is 0 Å². The summed E-state index contributed by atoms with van der Waals surface area (Å²) in [6.07, 6.45) is 1.89. The lowest BCUT2D eigenvalue weighted by Crippen LogP contribution is -2.25. The standard InChI is InChI=1S/C12H13ClN2O2S/c1-17-6-5-15-11(16)9-4-3-8(13)7-10(9)14-12(15)18-2/h3-4,7H,5-6H2,1-2H3. The molecule has 4 nitrogen and oxygen atoms in total. The van der Waals surface area contributed by atoms with E-state index < -0.39 is 0 Å². The molecule has 0 aliphatic carbocycles. The Morgan fingerprint density at radius 3 is 2.94 bits per heavy atom. The van der Waals surface area contributed by atoms with Crippen molar-refractivity contribution in [1.29, 1.82) is 0 Å². The minimum absolute atomic E-state index is 0.0573. The Kier molecular flexibility index (Phi) is 4.27. The van der Waals surface area contributed by atoms with Gasteiger partial charge in [0.1, 0.15) is 0 Å². The number of hydrogen-bond donors (Lipinski definition) is 0. The first-order valence-corrected chi connectivity index (χ1v) is 7.00. The van der Waals surface area contributed by atoms with Crippen LogP contribution in [0.4, 0.5) is 0 Å². The molecule has 0 atom stereocenters. The Balaban J connectivity index is 2.66. The molecule has 0 saturated heterocycles. The SMILES string of the molecule is COCCn1c(SC)nc2cc(Cl)ccc2c1=O. The highest BCUT2D eigenvalue weighted by molar-refractivity contribution is 7.98. The van der Waals surface area contributed by atoms with E-state index in [1.165, 1.54) is 11.8 Å². The van der Waals surface area contributed by atoms with E-state index in [9.17, 15) is 4.79 Å². The Morgan fingerprint density at radius 1 is 1.50 bits per heavy atom. The molecular formula is C12H13ClN2O2S. The highest BCUT2D eigenvalue weighted by atomic mass is 35.5. The minimum Gasteiger partial charge on any atom is -0.383 e. The molecule has 0 bridgehead atoms. The lowest BCUT2D eigenvalue weighted by atomic mass is 10.2. The maximum Gasteiger partial charge on any atom is 0.262 e. The lowest BCUT2D eigenvalue weighted by Gasteiger charge is -2.11. The van der Waals surface area contributed by atoms with Gasteiger partial charge in [-0.2, -0.15) is 0 Å². The van der Waals surface area contributed by atoms with E-state index in [2.05, 4.69) is 4.98 Å². The fourth-order valence-electron chi connectivity index (χ4n) is 1.71. The van der Waals surface area contributed by atoms with Crippen LogP contribution in [0.2, 0.25) is 5.02 Å². The summed E-state index contributed by atoms with van der Waals surface area (Å²) in [5, 5.41) is 1.83. The van der Waals surface area contributed by atoms with Gasteiger partial charge in [0.05, 0.1) is 24.1 Å². The van der Waals surface area contributed by atoms with Crippen LogP contribution in [-0.4, -0.2) is 29.5 Å². The molecule has 0 fully saturated rings. The molecule has 0 amide bonds. The molecule has 2 aromatic rings. The van der Waals surface area contributed by atoms with Gasteiger partial charge in [0.25, 0.3) is 5.56 Å². The summed E-state index contributed by atoms with van der Waals surface area (Å²) >= 11 is 7.35. The number of nitrogens with zero attached hydrogens (tertiary/aromatic N) is 2. The van der Waals surface area contributed by atoms with E-state index >= 15 is 0 Å². The lowest BCUT2D eigenvalue weighted by molar-refractivity contribution is 0.183. The van der Waals surface area contributed by atoms with Gasteiger partial charge in [-0.25, -0.2) is 4.98 Å². The number of fused-ring (bicyclic) bond motifs is 1. The van der Waals surface area contributed by atoms with Gasteiger partial charge >= 0.3 is 0 Å². The van der Waals surface area contributed by atoms with E-state index in [0.29, 0.717) is 34.2 Å². The van der Waals surface area contributed by atoms with Crippen molar-refractivity contribution >= 4 is 34.3 Å². The fourth-order valence-corrected chi connectivity index (χ4v) is 2.46. The zero-order chi connectivity index (χ0) is 13.1. The number of halogens is 1. The average molecular weight is 285 g/mol. The third-order valence-corrected chi connectivity index (χ3v) is 3.50. The van der Waals surface area contributed by atoms with Crippen LogP contribution in [0.1, 0.15) is 0 Å². The minimum atomic E-state index is -0.0573. The molecule has 6 heteroatoms. The number of rotatable bonds is 4. The van der Waals surface area contributed by atoms with Gasteiger partial charge < -0.3 is 4.74 Å². The van der Waals surface area contributed by atoms with Gasteiger partial charge in [-0.1, -0.05) is 23.4 Å². The zero-order valence-electron chi connectivity index (χ0n) is 10.1. The van der Waals surface area contributed by atoms with Gasteiger partial charge in [0.15, 0.2) is 5.16 Å². The first-order valence-electron chi connectivity index (χ1n) is 5.40. The van der Waals surface area contributed by atoms with Crippen LogP contribution >= 0.6 is 23.4 Å². The molecule has 0 saturated carbocycles. The van der Waals surface area contributed by atoms with Crippen LogP contribution in [-0.2, 0) is 11.3 Å². The summed E-state index contributed by atoms with van der Waals surface area (Å²) in [7, 11) is 1.61. The fraction of sp³-hybridized carbons (Fsp3) is 0.333. The van der Waals surface area contributed by atoms with Crippen molar-refractivity contribution in [2.75, 3.05) is 20.0 Å². The van der Waals surface area contributed by atoms with Crippen molar-refractivity contribution in [2.45, 2.75) is 11.7 Å². The van der Waals surface area contributed by atoms with Crippen molar-refractivity contribution < 1.29 is 4.74 Å². The van der Waals surface area contributed by atoms with Gasteiger partial charge in [-0.05, 0) is 24.5 Å². The number of benzene rings is 1. The zero-order valence-corrected chi connectivity index (χ0v) is 11.7. The second kappa shape index (κ2) is 5.73. The molecule has 1 aromatic heterocycles. The van der Waals surface area contributed by atoms with Crippen LogP contribution in [0.3, 0.4) is 0 Å². The van der Waals surface area contributed by atoms with Gasteiger partial charge in [0.2, 0.25) is 0 Å². The van der Waals surface area contributed by atoms with E-state index in [4.69, 9.17) is 16.3 Å². The normalized spacial score (nSPS) is 11.1. The summed E-state index contributed by atoms with van der Waals surface area (Å²) in [5.41, 5.74) is 0.573. The first kappa shape index (κ1) is 13.4. The smallest absolute Gasteiger partial charge is 0.262 e. The summed E-state index contributed by atoms with van der Waals surface area (Å²) in [4.78, 5) is 16.8. The molecule has 2 rings (SSSR count). The molecule has 0 unspecified atom stereocenters. The molecule has 18 heavy (non-hydrogen) atoms. The predicted molar refractivity (Wildman–Crippen MR) is 74.7 cm³/mol. The second-order valence-electron chi connectivity index (χ2n) is 3.71. The largest absolute Gasteiger partial charge is 0.383 e. The van der Waals surface area contributed by atoms with Crippen LogP contribution in [0.15, 0.2) is 28.2 Å². The molecule has 1 heterocycles. The number of methoxy groups -OCH3 is 1. The summed E-state index contributed by atoms with van der Waals surface area (Å²) in [5.74, 6) is 0. The van der Waals surface area contributed by atoms with Crippen molar-refractivity contribution in [1.82, 2.24) is 9.55 Å². The average Bonchev–Trinajstić information content (AvgIpc) is 2.37. The van der Waals surface area contributed by atoms with E-state index in [-0.39, 0.29) is 5.56 Å². The van der Waals surface area contributed by atoms with Gasteiger partial charge in [-0.3, -0.25) is 9.36 Å². The second-order valence-corrected chi connectivity index (χ2v) is 4.92. The number of thioether (sulfide) groups is 1. The first-order chi connectivity index (χ1) is 8.67. The summed E-state index contributed by atoms with van der Waals surface area (Å²) < 4.78 is 6.64. The monoisotopic (exact) mass is 284 g/mol. The molecule has 0 aliphatic rings. The highest BCUT2D eigenvalue weighted by Crippen LogP contribution is 2.18. The predicted octanol–water partition coefficient (Wildman–Crippen LogP) is 2.42. The quantitative estimate of drug-likeness (QED) is 0.639.